The number of aliphatic hydroxyl groups is 1. The summed E-state index contributed by atoms with van der Waals surface area (Å²) in [5.41, 5.74) is 0. The van der Waals surface area contributed by atoms with E-state index in [1.54, 1.807) is 0 Å². The number of esters is 4. The molecule has 0 amide bonds. The van der Waals surface area contributed by atoms with Crippen LogP contribution in [0.25, 0.3) is 0 Å². The Hall–Kier alpha value is -1.94. The number of phosphoric acid groups is 2. The van der Waals surface area contributed by atoms with Crippen LogP contribution in [0.5, 0.6) is 0 Å². The van der Waals surface area contributed by atoms with Crippen LogP contribution >= 0.6 is 15.6 Å². The van der Waals surface area contributed by atoms with Gasteiger partial charge in [0.15, 0.2) is 12.2 Å². The fraction of sp³-hybridized carbons (Fsp3) is 0.949. The van der Waals surface area contributed by atoms with Gasteiger partial charge in [-0.1, -0.05) is 344 Å². The first-order valence-corrected chi connectivity index (χ1v) is 43.2. The molecule has 0 spiro atoms. The molecule has 0 saturated carbocycles. The zero-order valence-corrected chi connectivity index (χ0v) is 65.5. The van der Waals surface area contributed by atoms with E-state index < -0.39 is 97.5 Å². The summed E-state index contributed by atoms with van der Waals surface area (Å²) in [5.74, 6) is 0.927. The first-order chi connectivity index (χ1) is 46.6. The Labute approximate surface area is 594 Å². The minimum absolute atomic E-state index is 0.106. The molecule has 0 aliphatic heterocycles. The van der Waals surface area contributed by atoms with Crippen LogP contribution < -0.4 is 0 Å². The van der Waals surface area contributed by atoms with Gasteiger partial charge in [0.2, 0.25) is 0 Å². The maximum Gasteiger partial charge on any atom is 0.472 e. The highest BCUT2D eigenvalue weighted by atomic mass is 31.2. The monoisotopic (exact) mass is 1420 g/mol. The molecule has 0 aliphatic rings. The average Bonchev–Trinajstić information content (AvgIpc) is 1.42. The van der Waals surface area contributed by atoms with Crippen LogP contribution in [-0.4, -0.2) is 96.7 Å². The number of rotatable bonds is 75. The Morgan fingerprint density at radius 1 is 0.258 bits per heavy atom. The smallest absolute Gasteiger partial charge is 0.462 e. The minimum atomic E-state index is -4.96. The number of phosphoric ester groups is 2. The van der Waals surface area contributed by atoms with Gasteiger partial charge in [-0.05, 0) is 49.4 Å². The highest BCUT2D eigenvalue weighted by molar-refractivity contribution is 7.47. The Kier molecular flexibility index (Phi) is 65.9. The molecule has 0 bridgehead atoms. The van der Waals surface area contributed by atoms with Gasteiger partial charge in [-0.25, -0.2) is 9.13 Å². The molecular formula is C78H152O17P2. The number of hydrogen-bond acceptors (Lipinski definition) is 15. The molecule has 3 N–H and O–H groups in total. The summed E-state index contributed by atoms with van der Waals surface area (Å²) in [5, 5.41) is 10.6. The van der Waals surface area contributed by atoms with E-state index in [-0.39, 0.29) is 25.7 Å². The molecule has 0 fully saturated rings. The van der Waals surface area contributed by atoms with Crippen molar-refractivity contribution in [3.05, 3.63) is 0 Å². The zero-order chi connectivity index (χ0) is 71.7. The van der Waals surface area contributed by atoms with Crippen LogP contribution in [0.3, 0.4) is 0 Å². The maximum atomic E-state index is 13.1. The third kappa shape index (κ3) is 72.2. The fourth-order valence-electron chi connectivity index (χ4n) is 11.9. The van der Waals surface area contributed by atoms with Crippen molar-refractivity contribution in [3.63, 3.8) is 0 Å². The second-order valence-electron chi connectivity index (χ2n) is 30.0. The van der Waals surface area contributed by atoms with Crippen LogP contribution in [0.2, 0.25) is 0 Å². The Morgan fingerprint density at radius 2 is 0.433 bits per heavy atom. The molecule has 17 nitrogen and oxygen atoms in total. The second-order valence-corrected chi connectivity index (χ2v) is 32.9. The van der Waals surface area contributed by atoms with Crippen LogP contribution in [0, 0.1) is 23.7 Å². The van der Waals surface area contributed by atoms with E-state index in [0.717, 1.165) is 114 Å². The van der Waals surface area contributed by atoms with Crippen molar-refractivity contribution in [2.75, 3.05) is 39.6 Å². The number of carbonyl (C=O) groups is 4. The molecule has 97 heavy (non-hydrogen) atoms. The highest BCUT2D eigenvalue weighted by Crippen LogP contribution is 2.45. The normalized spacial score (nSPS) is 14.1. The first-order valence-electron chi connectivity index (χ1n) is 40.2. The first kappa shape index (κ1) is 95.1. The van der Waals surface area contributed by atoms with Gasteiger partial charge in [-0.15, -0.1) is 0 Å². The number of aliphatic hydroxyl groups excluding tert-OH is 1. The van der Waals surface area contributed by atoms with Crippen molar-refractivity contribution < 1.29 is 80.2 Å². The van der Waals surface area contributed by atoms with Gasteiger partial charge in [0, 0.05) is 25.7 Å². The molecule has 576 valence electrons. The Morgan fingerprint density at radius 3 is 0.639 bits per heavy atom. The second kappa shape index (κ2) is 67.2. The van der Waals surface area contributed by atoms with Crippen LogP contribution in [0.15, 0.2) is 0 Å². The SMILES string of the molecule is CC(C)CCCCCCCCCCCCCCCCCCC(=O)OC[C@H](COP(=O)(O)OCC(O)COP(=O)(O)OC[C@@H](COC(=O)CCCCCCCCCC(C)C)OC(=O)CCCCCCCCCCCCCCC(C)C)OC(=O)CCCCCCCCCCCCC(C)C. The zero-order valence-electron chi connectivity index (χ0n) is 63.7. The molecule has 0 rings (SSSR count). The van der Waals surface area contributed by atoms with Gasteiger partial charge in [0.1, 0.15) is 19.3 Å². The average molecular weight is 1420 g/mol. The summed E-state index contributed by atoms with van der Waals surface area (Å²) < 4.78 is 68.6. The molecule has 0 heterocycles. The van der Waals surface area contributed by atoms with E-state index in [4.69, 9.17) is 37.0 Å². The Bertz CT molecular complexity index is 1900. The van der Waals surface area contributed by atoms with Gasteiger partial charge < -0.3 is 33.8 Å². The lowest BCUT2D eigenvalue weighted by Gasteiger charge is -2.21. The molecular weight excluding hydrogens is 1270 g/mol. The van der Waals surface area contributed by atoms with Gasteiger partial charge in [0.05, 0.1) is 26.4 Å². The van der Waals surface area contributed by atoms with Gasteiger partial charge >= 0.3 is 39.5 Å². The van der Waals surface area contributed by atoms with Crippen molar-refractivity contribution >= 4 is 39.5 Å². The quantitative estimate of drug-likeness (QED) is 0.0222. The largest absolute Gasteiger partial charge is 0.472 e. The molecule has 0 aromatic heterocycles. The van der Waals surface area contributed by atoms with E-state index in [1.165, 1.54) is 193 Å². The molecule has 5 atom stereocenters. The predicted octanol–water partition coefficient (Wildman–Crippen LogP) is 22.8. The van der Waals surface area contributed by atoms with E-state index in [0.29, 0.717) is 31.6 Å². The standard InChI is InChI=1S/C78H152O17P2/c1-68(2)54-46-38-30-23-17-13-11-9-10-12-14-19-26-34-42-50-58-75(80)88-64-73(94-78(83)61-53-45-36-28-22-21-25-32-40-48-56-70(5)6)66-92-96(84,85)90-62-72(79)63-91-97(86,87)93-67-74(65-89-76(81)59-51-43-37-29-33-41-49-57-71(7)8)95-77(82)60-52-44-35-27-20-16-15-18-24-31-39-47-55-69(3)4/h68-74,79H,9-67H2,1-8H3,(H,84,85)(H,86,87)/t72?,73-,74-/m1/s1. The third-order valence-electron chi connectivity index (χ3n) is 18.1. The van der Waals surface area contributed by atoms with E-state index >= 15 is 0 Å². The van der Waals surface area contributed by atoms with Gasteiger partial charge in [-0.2, -0.15) is 0 Å². The minimum Gasteiger partial charge on any atom is -0.462 e. The van der Waals surface area contributed by atoms with Crippen molar-refractivity contribution in [2.45, 2.75) is 414 Å². The number of unbranched alkanes of at least 4 members (excludes halogenated alkanes) is 41. The summed E-state index contributed by atoms with van der Waals surface area (Å²) in [4.78, 5) is 72.9. The summed E-state index contributed by atoms with van der Waals surface area (Å²) in [6.45, 7) is 14.2. The van der Waals surface area contributed by atoms with E-state index in [2.05, 4.69) is 55.4 Å². The number of carbonyl (C=O) groups excluding carboxylic acids is 4. The number of hydrogen-bond donors (Lipinski definition) is 3. The van der Waals surface area contributed by atoms with Crippen LogP contribution in [0.4, 0.5) is 0 Å². The molecule has 3 unspecified atom stereocenters. The summed E-state index contributed by atoms with van der Waals surface area (Å²) in [6, 6.07) is 0. The van der Waals surface area contributed by atoms with Crippen molar-refractivity contribution in [1.29, 1.82) is 0 Å². The lowest BCUT2D eigenvalue weighted by atomic mass is 10.0. The third-order valence-corrected chi connectivity index (χ3v) is 20.0. The maximum absolute atomic E-state index is 13.1. The van der Waals surface area contributed by atoms with Crippen LogP contribution in [-0.2, 0) is 65.4 Å². The molecule has 0 aromatic carbocycles. The lowest BCUT2D eigenvalue weighted by molar-refractivity contribution is -0.161. The number of ether oxygens (including phenoxy) is 4. The molecule has 0 aromatic rings. The van der Waals surface area contributed by atoms with Crippen molar-refractivity contribution in [2.24, 2.45) is 23.7 Å². The lowest BCUT2D eigenvalue weighted by Crippen LogP contribution is -2.30. The summed E-state index contributed by atoms with van der Waals surface area (Å²) >= 11 is 0. The summed E-state index contributed by atoms with van der Waals surface area (Å²) in [7, 11) is -9.92. The van der Waals surface area contributed by atoms with Crippen molar-refractivity contribution in [1.82, 2.24) is 0 Å². The molecule has 0 aliphatic carbocycles. The van der Waals surface area contributed by atoms with Gasteiger partial charge in [-0.3, -0.25) is 37.3 Å². The van der Waals surface area contributed by atoms with E-state index in [9.17, 15) is 43.2 Å². The highest BCUT2D eigenvalue weighted by Gasteiger charge is 2.30. The van der Waals surface area contributed by atoms with Gasteiger partial charge in [0.25, 0.3) is 0 Å². The predicted molar refractivity (Wildman–Crippen MR) is 395 cm³/mol. The topological polar surface area (TPSA) is 237 Å². The van der Waals surface area contributed by atoms with Crippen LogP contribution in [0.1, 0.15) is 396 Å². The molecule has 19 heteroatoms. The summed E-state index contributed by atoms with van der Waals surface area (Å²) in [6.07, 6.45) is 52.8. The molecule has 0 saturated heterocycles. The Balaban J connectivity index is 5.22. The fourth-order valence-corrected chi connectivity index (χ4v) is 13.5. The van der Waals surface area contributed by atoms with Crippen molar-refractivity contribution in [3.8, 4) is 0 Å². The molecule has 0 radical (unpaired) electrons. The van der Waals surface area contributed by atoms with E-state index in [1.807, 2.05) is 0 Å².